The molecule has 0 fully saturated rings. The van der Waals surface area contributed by atoms with E-state index in [0.717, 1.165) is 30.3 Å². The van der Waals surface area contributed by atoms with Gasteiger partial charge in [0, 0.05) is 44.5 Å². The molecule has 130 valence electrons. The van der Waals surface area contributed by atoms with E-state index in [0.29, 0.717) is 6.61 Å². The lowest BCUT2D eigenvalue weighted by Gasteiger charge is -2.33. The average Bonchev–Trinajstić information content (AvgIpc) is 3.16. The highest BCUT2D eigenvalue weighted by molar-refractivity contribution is 7.09. The highest BCUT2D eigenvalue weighted by Crippen LogP contribution is 2.23. The van der Waals surface area contributed by atoms with Gasteiger partial charge in [-0.3, -0.25) is 9.69 Å². The third-order valence-corrected chi connectivity index (χ3v) is 5.01. The maximum atomic E-state index is 11.7. The number of thiazole rings is 1. The molecule has 1 atom stereocenters. The minimum absolute atomic E-state index is 0.0215. The van der Waals surface area contributed by atoms with E-state index in [9.17, 15) is 4.79 Å². The number of likely N-dealkylation sites (N-methyl/N-ethyl adjacent to an activating group) is 1. The van der Waals surface area contributed by atoms with Gasteiger partial charge in [0.15, 0.2) is 0 Å². The highest BCUT2D eigenvalue weighted by Gasteiger charge is 2.26. The van der Waals surface area contributed by atoms with E-state index in [1.54, 1.807) is 30.3 Å². The zero-order valence-corrected chi connectivity index (χ0v) is 15.1. The number of carbonyl (C=O) groups excluding carboxylic acids is 1. The predicted molar refractivity (Wildman–Crippen MR) is 91.7 cm³/mol. The van der Waals surface area contributed by atoms with Crippen molar-refractivity contribution >= 4 is 17.2 Å². The van der Waals surface area contributed by atoms with Crippen molar-refractivity contribution in [3.63, 3.8) is 0 Å². The van der Waals surface area contributed by atoms with Crippen molar-refractivity contribution in [3.8, 4) is 0 Å². The summed E-state index contributed by atoms with van der Waals surface area (Å²) in [6, 6.07) is 0.160. The number of amides is 1. The SMILES string of the molecule is Cc1csc(CN2Cc3cncn3C(COCC(=O)N(C)C)C2)n1. The Labute approximate surface area is 145 Å². The second-order valence-corrected chi connectivity index (χ2v) is 7.24. The molecule has 0 aliphatic carbocycles. The lowest BCUT2D eigenvalue weighted by molar-refractivity contribution is -0.134. The molecule has 8 heteroatoms. The zero-order chi connectivity index (χ0) is 17.1. The van der Waals surface area contributed by atoms with E-state index >= 15 is 0 Å². The molecule has 0 bridgehead atoms. The Morgan fingerprint density at radius 3 is 3.04 bits per heavy atom. The number of hydrogen-bond acceptors (Lipinski definition) is 6. The predicted octanol–water partition coefficient (Wildman–Crippen LogP) is 1.31. The smallest absolute Gasteiger partial charge is 0.248 e. The van der Waals surface area contributed by atoms with Gasteiger partial charge >= 0.3 is 0 Å². The van der Waals surface area contributed by atoms with Gasteiger partial charge < -0.3 is 14.2 Å². The first-order valence-corrected chi connectivity index (χ1v) is 8.83. The van der Waals surface area contributed by atoms with Gasteiger partial charge in [0.25, 0.3) is 0 Å². The van der Waals surface area contributed by atoms with E-state index in [2.05, 4.69) is 24.8 Å². The maximum Gasteiger partial charge on any atom is 0.248 e. The summed E-state index contributed by atoms with van der Waals surface area (Å²) in [4.78, 5) is 24.4. The van der Waals surface area contributed by atoms with Crippen LogP contribution in [0.3, 0.4) is 0 Å². The van der Waals surface area contributed by atoms with E-state index in [1.165, 1.54) is 5.69 Å². The van der Waals surface area contributed by atoms with E-state index in [4.69, 9.17) is 4.74 Å². The number of aryl methyl sites for hydroxylation is 1. The highest BCUT2D eigenvalue weighted by atomic mass is 32.1. The Bertz CT molecular complexity index is 696. The molecule has 3 heterocycles. The molecule has 3 rings (SSSR count). The van der Waals surface area contributed by atoms with Crippen molar-refractivity contribution in [1.82, 2.24) is 24.3 Å². The van der Waals surface area contributed by atoms with Crippen molar-refractivity contribution < 1.29 is 9.53 Å². The molecule has 1 aliphatic heterocycles. The van der Waals surface area contributed by atoms with Crippen LogP contribution in [-0.2, 0) is 22.6 Å². The number of hydrogen-bond donors (Lipinski definition) is 0. The summed E-state index contributed by atoms with van der Waals surface area (Å²) in [7, 11) is 3.47. The molecule has 1 unspecified atom stereocenters. The van der Waals surface area contributed by atoms with Gasteiger partial charge in [0.05, 0.1) is 31.2 Å². The topological polar surface area (TPSA) is 63.5 Å². The van der Waals surface area contributed by atoms with Crippen LogP contribution in [0.1, 0.15) is 22.4 Å². The van der Waals surface area contributed by atoms with Gasteiger partial charge in [-0.1, -0.05) is 0 Å². The third-order valence-electron chi connectivity index (χ3n) is 4.05. The molecule has 0 spiro atoms. The maximum absolute atomic E-state index is 11.7. The third kappa shape index (κ3) is 4.00. The van der Waals surface area contributed by atoms with Crippen LogP contribution < -0.4 is 0 Å². The first-order chi connectivity index (χ1) is 11.5. The molecule has 2 aromatic rings. The molecular formula is C16H23N5O2S. The summed E-state index contributed by atoms with van der Waals surface area (Å²) >= 11 is 1.70. The molecule has 0 saturated carbocycles. The second-order valence-electron chi connectivity index (χ2n) is 6.30. The Hall–Kier alpha value is -1.77. The number of carbonyl (C=O) groups is 1. The summed E-state index contributed by atoms with van der Waals surface area (Å²) in [5.41, 5.74) is 2.24. The van der Waals surface area contributed by atoms with Crippen molar-refractivity contribution in [2.75, 3.05) is 33.9 Å². The molecular weight excluding hydrogens is 326 g/mol. The summed E-state index contributed by atoms with van der Waals surface area (Å²) in [5.74, 6) is -0.0215. The minimum Gasteiger partial charge on any atom is -0.369 e. The molecule has 0 radical (unpaired) electrons. The standard InChI is InChI=1S/C16H23N5O2S/c1-12-10-24-15(18-12)7-20-5-13-4-17-11-21(13)14(6-20)8-23-9-16(22)19(2)3/h4,10-11,14H,5-9H2,1-3H3. The molecule has 0 aromatic carbocycles. The fraction of sp³-hybridized carbons (Fsp3) is 0.562. The Morgan fingerprint density at radius 2 is 2.33 bits per heavy atom. The van der Waals surface area contributed by atoms with Gasteiger partial charge in [-0.2, -0.15) is 0 Å². The molecule has 24 heavy (non-hydrogen) atoms. The molecule has 0 saturated heterocycles. The number of rotatable bonds is 6. The van der Waals surface area contributed by atoms with Crippen molar-refractivity contribution in [3.05, 3.63) is 34.3 Å². The van der Waals surface area contributed by atoms with Crippen LogP contribution in [0.4, 0.5) is 0 Å². The van der Waals surface area contributed by atoms with Gasteiger partial charge in [-0.15, -0.1) is 11.3 Å². The van der Waals surface area contributed by atoms with Gasteiger partial charge in [-0.05, 0) is 6.92 Å². The van der Waals surface area contributed by atoms with Crippen LogP contribution in [0.15, 0.2) is 17.9 Å². The zero-order valence-electron chi connectivity index (χ0n) is 14.3. The van der Waals surface area contributed by atoms with E-state index < -0.39 is 0 Å². The monoisotopic (exact) mass is 349 g/mol. The minimum atomic E-state index is -0.0215. The van der Waals surface area contributed by atoms with E-state index in [1.807, 2.05) is 19.4 Å². The van der Waals surface area contributed by atoms with Crippen LogP contribution in [0.25, 0.3) is 0 Å². The number of imidazole rings is 1. The van der Waals surface area contributed by atoms with Crippen molar-refractivity contribution in [1.29, 1.82) is 0 Å². The van der Waals surface area contributed by atoms with Gasteiger partial charge in [0.1, 0.15) is 11.6 Å². The molecule has 2 aromatic heterocycles. The normalized spacial score (nSPS) is 17.7. The number of nitrogens with zero attached hydrogens (tertiary/aromatic N) is 5. The van der Waals surface area contributed by atoms with Gasteiger partial charge in [-0.25, -0.2) is 9.97 Å². The lowest BCUT2D eigenvalue weighted by atomic mass is 10.2. The quantitative estimate of drug-likeness (QED) is 0.787. The summed E-state index contributed by atoms with van der Waals surface area (Å²) in [5, 5.41) is 3.21. The lowest BCUT2D eigenvalue weighted by Crippen LogP contribution is -2.39. The molecule has 1 amide bonds. The van der Waals surface area contributed by atoms with Crippen LogP contribution in [0.5, 0.6) is 0 Å². The molecule has 1 aliphatic rings. The van der Waals surface area contributed by atoms with Gasteiger partial charge in [0.2, 0.25) is 5.91 Å². The summed E-state index contributed by atoms with van der Waals surface area (Å²) < 4.78 is 7.80. The number of ether oxygens (including phenoxy) is 1. The van der Waals surface area contributed by atoms with Crippen LogP contribution in [0, 0.1) is 6.92 Å². The van der Waals surface area contributed by atoms with Crippen molar-refractivity contribution in [2.45, 2.75) is 26.1 Å². The largest absolute Gasteiger partial charge is 0.369 e. The Kier molecular flexibility index (Phi) is 5.27. The van der Waals surface area contributed by atoms with Crippen molar-refractivity contribution in [2.24, 2.45) is 0 Å². The second kappa shape index (κ2) is 7.42. The van der Waals surface area contributed by atoms with Crippen LogP contribution >= 0.6 is 11.3 Å². The number of fused-ring (bicyclic) bond motifs is 1. The average molecular weight is 349 g/mol. The number of aromatic nitrogens is 3. The summed E-state index contributed by atoms with van der Waals surface area (Å²) in [6.45, 7) is 5.17. The fourth-order valence-electron chi connectivity index (χ4n) is 2.79. The molecule has 7 nitrogen and oxygen atoms in total. The summed E-state index contributed by atoms with van der Waals surface area (Å²) in [6.07, 6.45) is 3.75. The Morgan fingerprint density at radius 1 is 1.50 bits per heavy atom. The van der Waals surface area contributed by atoms with Crippen LogP contribution in [0.2, 0.25) is 0 Å². The first-order valence-electron chi connectivity index (χ1n) is 7.95. The van der Waals surface area contributed by atoms with E-state index in [-0.39, 0.29) is 18.6 Å². The Balaban J connectivity index is 1.62. The van der Waals surface area contributed by atoms with Crippen LogP contribution in [-0.4, -0.2) is 64.1 Å². The first kappa shape index (κ1) is 17.1. The fourth-order valence-corrected chi connectivity index (χ4v) is 3.61. The molecule has 0 N–H and O–H groups in total.